The first kappa shape index (κ1) is 15.4. The van der Waals surface area contributed by atoms with E-state index in [1.54, 1.807) is 6.07 Å². The van der Waals surface area contributed by atoms with Gasteiger partial charge in [0, 0.05) is 23.7 Å². The van der Waals surface area contributed by atoms with Crippen LogP contribution in [-0.2, 0) is 0 Å². The fourth-order valence-electron chi connectivity index (χ4n) is 1.42. The maximum absolute atomic E-state index is 13.5. The number of benzene rings is 1. The first-order valence-corrected chi connectivity index (χ1v) is 4.72. The Morgan fingerprint density at radius 3 is 2.06 bits per heavy atom. The molecule has 0 spiro atoms. The predicted octanol–water partition coefficient (Wildman–Crippen LogP) is -0.557. The third-order valence-corrected chi connectivity index (χ3v) is 2.14. The standard InChI is InChI=1S/C12H7F2N2O.K/c1-7(17)11-9(13)5-8(6-10(11)14)12-15-3-2-4-16-12;/h2-6H,1H2;/q-1;+1. The molecule has 18 heavy (non-hydrogen) atoms. The Hall–Kier alpha value is -0.664. The molecule has 0 saturated carbocycles. The number of aromatic nitrogens is 2. The van der Waals surface area contributed by atoms with Crippen molar-refractivity contribution >= 4 is 5.78 Å². The van der Waals surface area contributed by atoms with Crippen molar-refractivity contribution in [2.75, 3.05) is 0 Å². The number of ketones is 1. The molecule has 0 aliphatic heterocycles. The van der Waals surface area contributed by atoms with E-state index in [9.17, 15) is 13.6 Å². The van der Waals surface area contributed by atoms with Crippen LogP contribution >= 0.6 is 0 Å². The fraction of sp³-hybridized carbons (Fsp3) is 0. The Kier molecular flexibility index (Phi) is 5.55. The molecule has 0 saturated heterocycles. The van der Waals surface area contributed by atoms with E-state index in [-0.39, 0.29) is 62.8 Å². The van der Waals surface area contributed by atoms with Crippen LogP contribution in [0.5, 0.6) is 0 Å². The number of hydrogen-bond acceptors (Lipinski definition) is 3. The van der Waals surface area contributed by atoms with Crippen molar-refractivity contribution in [2.45, 2.75) is 0 Å². The van der Waals surface area contributed by atoms with Gasteiger partial charge in [0.2, 0.25) is 0 Å². The largest absolute Gasteiger partial charge is 1.00 e. The van der Waals surface area contributed by atoms with Crippen molar-refractivity contribution in [3.8, 4) is 11.4 Å². The fourth-order valence-corrected chi connectivity index (χ4v) is 1.42. The number of Topliss-reactive ketones (excluding diaryl/α,β-unsaturated/α-hetero) is 1. The molecule has 3 nitrogen and oxygen atoms in total. The average molecular weight is 272 g/mol. The Balaban J connectivity index is 0.00000162. The van der Waals surface area contributed by atoms with Gasteiger partial charge in [0.1, 0.15) is 0 Å². The summed E-state index contributed by atoms with van der Waals surface area (Å²) in [5.74, 6) is -2.64. The molecule has 6 heteroatoms. The van der Waals surface area contributed by atoms with Gasteiger partial charge in [0.25, 0.3) is 0 Å². The molecule has 0 atom stereocenters. The molecular formula is C12H7F2KN2O. The topological polar surface area (TPSA) is 42.9 Å². The minimum absolute atomic E-state index is 0. The van der Waals surface area contributed by atoms with Crippen LogP contribution in [0.2, 0.25) is 0 Å². The molecule has 1 aromatic heterocycles. The zero-order chi connectivity index (χ0) is 12.4. The van der Waals surface area contributed by atoms with E-state index in [0.29, 0.717) is 0 Å². The molecule has 2 rings (SSSR count). The van der Waals surface area contributed by atoms with Gasteiger partial charge in [-0.3, -0.25) is 0 Å². The molecule has 0 fully saturated rings. The van der Waals surface area contributed by atoms with Crippen LogP contribution < -0.4 is 51.4 Å². The molecule has 2 aromatic rings. The average Bonchev–Trinajstić information content (AvgIpc) is 2.28. The first-order chi connectivity index (χ1) is 8.09. The van der Waals surface area contributed by atoms with Gasteiger partial charge in [-0.25, -0.2) is 18.7 Å². The SMILES string of the molecule is [CH2-]C(=O)c1c(F)cc(-c2ncccn2)cc1F.[K+]. The molecule has 0 aliphatic rings. The number of nitrogens with zero attached hydrogens (tertiary/aromatic N) is 2. The second kappa shape index (κ2) is 6.49. The Morgan fingerprint density at radius 2 is 1.61 bits per heavy atom. The van der Waals surface area contributed by atoms with Crippen molar-refractivity contribution in [3.05, 3.63) is 54.7 Å². The zero-order valence-electron chi connectivity index (χ0n) is 9.65. The van der Waals surface area contributed by atoms with E-state index in [1.807, 2.05) is 0 Å². The normalized spacial score (nSPS) is 9.67. The number of halogens is 2. The maximum Gasteiger partial charge on any atom is 1.00 e. The minimum Gasteiger partial charge on any atom is -0.332 e. The van der Waals surface area contributed by atoms with E-state index in [0.717, 1.165) is 12.1 Å². The number of carbonyl (C=O) groups is 1. The van der Waals surface area contributed by atoms with Gasteiger partial charge in [-0.2, -0.15) is 6.92 Å². The van der Waals surface area contributed by atoms with Crippen LogP contribution in [0.3, 0.4) is 0 Å². The molecule has 1 heterocycles. The first-order valence-electron chi connectivity index (χ1n) is 4.72. The van der Waals surface area contributed by atoms with Gasteiger partial charge in [0.15, 0.2) is 5.82 Å². The Labute approximate surface area is 145 Å². The van der Waals surface area contributed by atoms with Crippen LogP contribution in [0, 0.1) is 18.6 Å². The van der Waals surface area contributed by atoms with E-state index in [2.05, 4.69) is 16.9 Å². The van der Waals surface area contributed by atoms with Crippen LogP contribution in [0.25, 0.3) is 11.4 Å². The Bertz CT molecular complexity index is 553. The summed E-state index contributed by atoms with van der Waals surface area (Å²) < 4.78 is 27.0. The number of carbonyl (C=O) groups excluding carboxylic acids is 1. The summed E-state index contributed by atoms with van der Waals surface area (Å²) >= 11 is 0. The summed E-state index contributed by atoms with van der Waals surface area (Å²) in [6.45, 7) is 2.98. The quantitative estimate of drug-likeness (QED) is 0.418. The molecule has 0 amide bonds. The van der Waals surface area contributed by atoms with Gasteiger partial charge >= 0.3 is 51.4 Å². The molecular weight excluding hydrogens is 265 g/mol. The summed E-state index contributed by atoms with van der Waals surface area (Å²) in [7, 11) is 0. The summed E-state index contributed by atoms with van der Waals surface area (Å²) in [5.41, 5.74) is -0.477. The maximum atomic E-state index is 13.5. The zero-order valence-corrected chi connectivity index (χ0v) is 12.8. The van der Waals surface area contributed by atoms with Gasteiger partial charge in [0.05, 0.1) is 11.6 Å². The van der Waals surface area contributed by atoms with Crippen molar-refractivity contribution in [1.82, 2.24) is 9.97 Å². The molecule has 0 aliphatic carbocycles. The molecule has 0 radical (unpaired) electrons. The summed E-state index contributed by atoms with van der Waals surface area (Å²) in [6.07, 6.45) is 2.91. The van der Waals surface area contributed by atoms with E-state index in [4.69, 9.17) is 0 Å². The second-order valence-electron chi connectivity index (χ2n) is 3.31. The van der Waals surface area contributed by atoms with Crippen molar-refractivity contribution < 1.29 is 65.0 Å². The molecule has 0 bridgehead atoms. The summed E-state index contributed by atoms with van der Waals surface area (Å²) in [4.78, 5) is 18.6. The number of rotatable bonds is 2. The molecule has 0 unspecified atom stereocenters. The van der Waals surface area contributed by atoms with Crippen LogP contribution in [0.4, 0.5) is 8.78 Å². The predicted molar refractivity (Wildman–Crippen MR) is 57.1 cm³/mol. The van der Waals surface area contributed by atoms with Gasteiger partial charge in [-0.05, 0) is 18.2 Å². The Morgan fingerprint density at radius 1 is 1.11 bits per heavy atom. The van der Waals surface area contributed by atoms with Crippen molar-refractivity contribution in [2.24, 2.45) is 0 Å². The summed E-state index contributed by atoms with van der Waals surface area (Å²) in [5, 5.41) is 0. The van der Waals surface area contributed by atoms with Crippen LogP contribution in [-0.4, -0.2) is 15.8 Å². The van der Waals surface area contributed by atoms with E-state index in [1.165, 1.54) is 12.4 Å². The molecule has 0 N–H and O–H groups in total. The van der Waals surface area contributed by atoms with Crippen molar-refractivity contribution in [1.29, 1.82) is 0 Å². The third kappa shape index (κ3) is 3.21. The molecule has 1 aromatic carbocycles. The van der Waals surface area contributed by atoms with Gasteiger partial charge in [-0.1, -0.05) is 5.56 Å². The van der Waals surface area contributed by atoms with E-state index < -0.39 is 23.0 Å². The van der Waals surface area contributed by atoms with Gasteiger partial charge in [-0.15, -0.1) is 0 Å². The third-order valence-electron chi connectivity index (χ3n) is 2.14. The van der Waals surface area contributed by atoms with Crippen molar-refractivity contribution in [3.63, 3.8) is 0 Å². The van der Waals surface area contributed by atoms with Crippen LogP contribution in [0.15, 0.2) is 30.6 Å². The summed E-state index contributed by atoms with van der Waals surface area (Å²) in [6, 6.07) is 3.61. The smallest absolute Gasteiger partial charge is 0.332 e. The van der Waals surface area contributed by atoms with Crippen LogP contribution in [0.1, 0.15) is 10.4 Å². The van der Waals surface area contributed by atoms with E-state index >= 15 is 0 Å². The molecule has 86 valence electrons. The second-order valence-corrected chi connectivity index (χ2v) is 3.31. The van der Waals surface area contributed by atoms with Gasteiger partial charge < -0.3 is 4.79 Å². The minimum atomic E-state index is -0.965. The number of hydrogen-bond donors (Lipinski definition) is 0. The monoisotopic (exact) mass is 272 g/mol.